The second-order valence-electron chi connectivity index (χ2n) is 6.84. The third-order valence-corrected chi connectivity index (χ3v) is 3.50. The predicted octanol–water partition coefficient (Wildman–Crippen LogP) is 1.64. The van der Waals surface area contributed by atoms with E-state index in [2.05, 4.69) is 25.5 Å². The van der Waals surface area contributed by atoms with Crippen molar-refractivity contribution < 1.29 is 9.53 Å². The van der Waals surface area contributed by atoms with E-state index in [1.54, 1.807) is 13.2 Å². The average Bonchev–Trinajstić information content (AvgIpc) is 2.95. The number of carbonyl (C=O) groups excluding carboxylic acids is 1. The summed E-state index contributed by atoms with van der Waals surface area (Å²) in [6.07, 6.45) is 2.68. The Kier molecular flexibility index (Phi) is 8.40. The molecule has 140 valence electrons. The molecule has 0 spiro atoms. The van der Waals surface area contributed by atoms with Gasteiger partial charge in [-0.2, -0.15) is 0 Å². The number of ether oxygens (including phenoxy) is 1. The summed E-state index contributed by atoms with van der Waals surface area (Å²) in [6, 6.07) is 5.62. The number of hydrogen-bond acceptors (Lipinski definition) is 4. The summed E-state index contributed by atoms with van der Waals surface area (Å²) in [4.78, 5) is 22.5. The van der Waals surface area contributed by atoms with Crippen molar-refractivity contribution in [1.82, 2.24) is 20.5 Å². The summed E-state index contributed by atoms with van der Waals surface area (Å²) < 4.78 is 5.88. The van der Waals surface area contributed by atoms with Crippen molar-refractivity contribution >= 4 is 35.8 Å². The van der Waals surface area contributed by atoms with Crippen molar-refractivity contribution in [3.05, 3.63) is 24.4 Å². The molecule has 8 heteroatoms. The van der Waals surface area contributed by atoms with Gasteiger partial charge in [-0.3, -0.25) is 9.79 Å². The molecule has 1 saturated heterocycles. The maximum atomic E-state index is 11.9. The van der Waals surface area contributed by atoms with Crippen LogP contribution < -0.4 is 15.4 Å². The molecule has 0 bridgehead atoms. The van der Waals surface area contributed by atoms with Crippen LogP contribution in [0.4, 0.5) is 0 Å². The number of aromatic nitrogens is 1. The van der Waals surface area contributed by atoms with E-state index >= 15 is 0 Å². The number of halogens is 1. The van der Waals surface area contributed by atoms with Crippen LogP contribution >= 0.6 is 24.0 Å². The highest BCUT2D eigenvalue weighted by molar-refractivity contribution is 14.0. The Hall–Kier alpha value is -1.58. The van der Waals surface area contributed by atoms with E-state index in [-0.39, 0.29) is 48.1 Å². The third-order valence-electron chi connectivity index (χ3n) is 3.50. The lowest BCUT2D eigenvalue weighted by Crippen LogP contribution is -2.49. The lowest BCUT2D eigenvalue weighted by Gasteiger charge is -2.23. The fourth-order valence-corrected chi connectivity index (χ4v) is 2.56. The van der Waals surface area contributed by atoms with E-state index in [1.165, 1.54) is 0 Å². The number of aliphatic imine (C=N–C) groups is 1. The van der Waals surface area contributed by atoms with E-state index in [0.29, 0.717) is 11.8 Å². The normalized spacial score (nSPS) is 17.7. The second kappa shape index (κ2) is 9.79. The lowest BCUT2D eigenvalue weighted by atomic mass is 10.1. The van der Waals surface area contributed by atoms with Gasteiger partial charge in [0.15, 0.2) is 5.96 Å². The first-order valence-corrected chi connectivity index (χ1v) is 8.21. The van der Waals surface area contributed by atoms with Crippen LogP contribution in [0, 0.1) is 0 Å². The molecule has 1 unspecified atom stereocenters. The minimum Gasteiger partial charge on any atom is -0.472 e. The predicted molar refractivity (Wildman–Crippen MR) is 110 cm³/mol. The maximum Gasteiger partial charge on any atom is 0.239 e. The molecule has 25 heavy (non-hydrogen) atoms. The highest BCUT2D eigenvalue weighted by Gasteiger charge is 2.27. The number of hydrogen-bond donors (Lipinski definition) is 2. The van der Waals surface area contributed by atoms with Crippen molar-refractivity contribution in [1.29, 1.82) is 0 Å². The zero-order valence-electron chi connectivity index (χ0n) is 15.3. The first kappa shape index (κ1) is 21.5. The van der Waals surface area contributed by atoms with Gasteiger partial charge in [0, 0.05) is 37.8 Å². The average molecular weight is 461 g/mol. The minimum atomic E-state index is -0.239. The molecule has 0 saturated carbocycles. The van der Waals surface area contributed by atoms with Crippen LogP contribution in [-0.4, -0.2) is 60.1 Å². The molecule has 7 nitrogen and oxygen atoms in total. The van der Waals surface area contributed by atoms with Crippen molar-refractivity contribution in [2.45, 2.75) is 38.8 Å². The molecule has 1 atom stereocenters. The maximum absolute atomic E-state index is 11.9. The summed E-state index contributed by atoms with van der Waals surface area (Å²) in [5.41, 5.74) is -0.239. The van der Waals surface area contributed by atoms with Crippen molar-refractivity contribution in [3.8, 4) is 5.88 Å². The summed E-state index contributed by atoms with van der Waals surface area (Å²) in [7, 11) is 1.72. The summed E-state index contributed by atoms with van der Waals surface area (Å²) in [5.74, 6) is 1.30. The molecule has 1 aromatic rings. The van der Waals surface area contributed by atoms with Crippen LogP contribution in [0.5, 0.6) is 5.88 Å². The topological polar surface area (TPSA) is 78.9 Å². The van der Waals surface area contributed by atoms with Crippen molar-refractivity contribution in [2.24, 2.45) is 4.99 Å². The van der Waals surface area contributed by atoms with Crippen molar-refractivity contribution in [2.75, 3.05) is 26.7 Å². The molecule has 2 heterocycles. The number of amides is 1. The van der Waals surface area contributed by atoms with E-state index in [9.17, 15) is 4.79 Å². The van der Waals surface area contributed by atoms with Gasteiger partial charge < -0.3 is 20.3 Å². The molecule has 1 fully saturated rings. The molecule has 0 aliphatic carbocycles. The highest BCUT2D eigenvalue weighted by atomic mass is 127. The fraction of sp³-hybridized carbons (Fsp3) is 0.588. The third kappa shape index (κ3) is 7.45. The van der Waals surface area contributed by atoms with Crippen LogP contribution in [-0.2, 0) is 4.79 Å². The van der Waals surface area contributed by atoms with E-state index < -0.39 is 0 Å². The van der Waals surface area contributed by atoms with Crippen LogP contribution in [0.2, 0.25) is 0 Å². The SMILES string of the molecule is CN=C(NCC(=O)NC(C)(C)C)N1CCC(Oc2ccccn2)C1.I. The Morgan fingerprint density at radius 1 is 1.44 bits per heavy atom. The summed E-state index contributed by atoms with van der Waals surface area (Å²) >= 11 is 0. The Labute approximate surface area is 166 Å². The minimum absolute atomic E-state index is 0. The summed E-state index contributed by atoms with van der Waals surface area (Å²) in [6.45, 7) is 7.63. The molecule has 2 N–H and O–H groups in total. The van der Waals surface area contributed by atoms with Crippen LogP contribution in [0.25, 0.3) is 0 Å². The second-order valence-corrected chi connectivity index (χ2v) is 6.84. The number of guanidine groups is 1. The lowest BCUT2D eigenvalue weighted by molar-refractivity contribution is -0.121. The van der Waals surface area contributed by atoms with Gasteiger partial charge in [-0.1, -0.05) is 6.07 Å². The molecule has 0 radical (unpaired) electrons. The number of nitrogens with zero attached hydrogens (tertiary/aromatic N) is 3. The standard InChI is InChI=1S/C17H27N5O2.HI/c1-17(2,3)21-14(23)11-20-16(18-4)22-10-8-13(12-22)24-15-7-5-6-9-19-15;/h5-7,9,13H,8,10-12H2,1-4H3,(H,18,20)(H,21,23);1H. The first-order chi connectivity index (χ1) is 11.4. The molecule has 0 aromatic carbocycles. The van der Waals surface area contributed by atoms with Crippen LogP contribution in [0.15, 0.2) is 29.4 Å². The van der Waals surface area contributed by atoms with Crippen LogP contribution in [0.3, 0.4) is 0 Å². The largest absolute Gasteiger partial charge is 0.472 e. The zero-order chi connectivity index (χ0) is 17.6. The Bertz CT molecular complexity index is 574. The monoisotopic (exact) mass is 461 g/mol. The number of carbonyl (C=O) groups is 1. The number of likely N-dealkylation sites (tertiary alicyclic amines) is 1. The van der Waals surface area contributed by atoms with E-state index in [4.69, 9.17) is 4.74 Å². The number of rotatable bonds is 4. The highest BCUT2D eigenvalue weighted by Crippen LogP contribution is 2.16. The quantitative estimate of drug-likeness (QED) is 0.405. The Balaban J connectivity index is 0.00000312. The van der Waals surface area contributed by atoms with Gasteiger partial charge in [0.1, 0.15) is 6.10 Å². The van der Waals surface area contributed by atoms with Gasteiger partial charge in [-0.15, -0.1) is 24.0 Å². The zero-order valence-corrected chi connectivity index (χ0v) is 17.6. The van der Waals surface area contributed by atoms with Gasteiger partial charge in [0.25, 0.3) is 0 Å². The molecule has 1 amide bonds. The van der Waals surface area contributed by atoms with Gasteiger partial charge in [0.2, 0.25) is 11.8 Å². The van der Waals surface area contributed by atoms with Crippen molar-refractivity contribution in [3.63, 3.8) is 0 Å². The van der Waals surface area contributed by atoms with Gasteiger partial charge >= 0.3 is 0 Å². The first-order valence-electron chi connectivity index (χ1n) is 8.21. The number of nitrogens with one attached hydrogen (secondary N) is 2. The van der Waals surface area contributed by atoms with E-state index in [1.807, 2.05) is 39.0 Å². The smallest absolute Gasteiger partial charge is 0.239 e. The van der Waals surface area contributed by atoms with Crippen LogP contribution in [0.1, 0.15) is 27.2 Å². The molecule has 2 rings (SSSR count). The van der Waals surface area contributed by atoms with E-state index in [0.717, 1.165) is 19.5 Å². The van der Waals surface area contributed by atoms with Gasteiger partial charge in [-0.25, -0.2) is 4.98 Å². The molecular weight excluding hydrogens is 433 g/mol. The summed E-state index contributed by atoms with van der Waals surface area (Å²) in [5, 5.41) is 6.03. The fourth-order valence-electron chi connectivity index (χ4n) is 2.56. The Morgan fingerprint density at radius 3 is 2.80 bits per heavy atom. The van der Waals surface area contributed by atoms with Gasteiger partial charge in [0.05, 0.1) is 13.1 Å². The molecule has 1 aliphatic heterocycles. The van der Waals surface area contributed by atoms with Gasteiger partial charge in [-0.05, 0) is 26.8 Å². The molecular formula is C17H28IN5O2. The number of pyridine rings is 1. The molecule has 1 aromatic heterocycles. The molecule has 1 aliphatic rings. The Morgan fingerprint density at radius 2 is 2.20 bits per heavy atom.